The number of carbonyl (C=O) groups excluding carboxylic acids is 1. The van der Waals surface area contributed by atoms with Crippen LogP contribution in [0.1, 0.15) is 6.42 Å². The first kappa shape index (κ1) is 10.3. The second-order valence-electron chi connectivity index (χ2n) is 3.37. The van der Waals surface area contributed by atoms with Crippen molar-refractivity contribution in [2.75, 3.05) is 11.9 Å². The van der Waals surface area contributed by atoms with Gasteiger partial charge in [0.15, 0.2) is 0 Å². The molecule has 15 heavy (non-hydrogen) atoms. The number of rotatable bonds is 0. The molecule has 3 N–H and O–H groups in total. The molecule has 80 valence electrons. The third kappa shape index (κ3) is 2.22. The van der Waals surface area contributed by atoms with Gasteiger partial charge in [0, 0.05) is 17.5 Å². The predicted octanol–water partition coefficient (Wildman–Crippen LogP) is 1.39. The van der Waals surface area contributed by atoms with Crippen molar-refractivity contribution < 1.29 is 9.53 Å². The molecule has 1 unspecified atom stereocenters. The summed E-state index contributed by atoms with van der Waals surface area (Å²) in [4.78, 5) is 11.5. The number of carbonyl (C=O) groups is 1. The number of halogens is 1. The molecule has 0 aliphatic carbocycles. The highest BCUT2D eigenvalue weighted by Crippen LogP contribution is 2.29. The second-order valence-corrected chi connectivity index (χ2v) is 3.81. The maximum Gasteiger partial charge on any atom is 0.241 e. The Hall–Kier alpha value is -1.26. The smallest absolute Gasteiger partial charge is 0.241 e. The first-order valence-electron chi connectivity index (χ1n) is 4.65. The summed E-state index contributed by atoms with van der Waals surface area (Å²) in [5, 5.41) is 3.27. The molecule has 0 fully saturated rings. The topological polar surface area (TPSA) is 64.3 Å². The number of hydrogen-bond donors (Lipinski definition) is 2. The zero-order chi connectivity index (χ0) is 10.8. The summed E-state index contributed by atoms with van der Waals surface area (Å²) in [6.07, 6.45) is 0.498. The van der Waals surface area contributed by atoms with E-state index in [9.17, 15) is 4.79 Å². The lowest BCUT2D eigenvalue weighted by Crippen LogP contribution is -2.38. The minimum Gasteiger partial charge on any atom is -0.491 e. The summed E-state index contributed by atoms with van der Waals surface area (Å²) >= 11 is 5.82. The van der Waals surface area contributed by atoms with Crippen LogP contribution in [0.15, 0.2) is 18.2 Å². The van der Waals surface area contributed by atoms with Crippen LogP contribution in [0.4, 0.5) is 5.69 Å². The average Bonchev–Trinajstić information content (AvgIpc) is 2.19. The van der Waals surface area contributed by atoms with E-state index < -0.39 is 6.04 Å². The number of nitrogens with two attached hydrogens (primary N) is 1. The van der Waals surface area contributed by atoms with Gasteiger partial charge < -0.3 is 15.8 Å². The van der Waals surface area contributed by atoms with Gasteiger partial charge >= 0.3 is 0 Å². The number of nitrogens with one attached hydrogen (secondary N) is 1. The van der Waals surface area contributed by atoms with Crippen LogP contribution >= 0.6 is 11.6 Å². The quantitative estimate of drug-likeness (QED) is 0.703. The molecule has 5 heteroatoms. The summed E-state index contributed by atoms with van der Waals surface area (Å²) in [5.74, 6) is 0.393. The number of ether oxygens (including phenoxy) is 1. The fourth-order valence-corrected chi connectivity index (χ4v) is 1.53. The van der Waals surface area contributed by atoms with Crippen LogP contribution in [0.25, 0.3) is 0 Å². The molecule has 1 atom stereocenters. The number of benzene rings is 1. The fraction of sp³-hybridized carbons (Fsp3) is 0.300. The fourth-order valence-electron chi connectivity index (χ4n) is 1.37. The number of hydrogen-bond acceptors (Lipinski definition) is 3. The van der Waals surface area contributed by atoms with E-state index in [0.717, 1.165) is 0 Å². The number of fused-ring (bicyclic) bond motifs is 1. The van der Waals surface area contributed by atoms with E-state index in [4.69, 9.17) is 22.1 Å². The Kier molecular flexibility index (Phi) is 2.79. The van der Waals surface area contributed by atoms with Crippen molar-refractivity contribution in [1.82, 2.24) is 0 Å². The molecule has 0 saturated carbocycles. The molecule has 0 radical (unpaired) electrons. The van der Waals surface area contributed by atoms with E-state index in [-0.39, 0.29) is 5.91 Å². The van der Waals surface area contributed by atoms with Crippen LogP contribution < -0.4 is 15.8 Å². The van der Waals surface area contributed by atoms with Gasteiger partial charge in [0.1, 0.15) is 5.75 Å². The minimum absolute atomic E-state index is 0.193. The Bertz CT molecular complexity index is 395. The highest BCUT2D eigenvalue weighted by atomic mass is 35.5. The lowest BCUT2D eigenvalue weighted by atomic mass is 10.2. The highest BCUT2D eigenvalue weighted by molar-refractivity contribution is 6.30. The van der Waals surface area contributed by atoms with Gasteiger partial charge in [0.25, 0.3) is 0 Å². The van der Waals surface area contributed by atoms with E-state index >= 15 is 0 Å². The molecule has 2 rings (SSSR count). The van der Waals surface area contributed by atoms with Crippen molar-refractivity contribution in [3.63, 3.8) is 0 Å². The van der Waals surface area contributed by atoms with E-state index in [1.165, 1.54) is 0 Å². The van der Waals surface area contributed by atoms with Gasteiger partial charge in [0.2, 0.25) is 5.91 Å². The van der Waals surface area contributed by atoms with Crippen LogP contribution in [0.3, 0.4) is 0 Å². The van der Waals surface area contributed by atoms with Crippen LogP contribution in [-0.2, 0) is 4.79 Å². The maximum absolute atomic E-state index is 11.5. The zero-order valence-electron chi connectivity index (χ0n) is 8.00. The van der Waals surface area contributed by atoms with E-state index in [1.54, 1.807) is 18.2 Å². The molecule has 1 aromatic carbocycles. The van der Waals surface area contributed by atoms with Gasteiger partial charge in [-0.2, -0.15) is 0 Å². The van der Waals surface area contributed by atoms with Crippen LogP contribution in [0, 0.1) is 0 Å². The minimum atomic E-state index is -0.520. The molecule has 0 bridgehead atoms. The van der Waals surface area contributed by atoms with Crippen molar-refractivity contribution in [3.8, 4) is 5.75 Å². The Morgan fingerprint density at radius 1 is 1.53 bits per heavy atom. The lowest BCUT2D eigenvalue weighted by Gasteiger charge is -2.19. The number of anilines is 1. The third-order valence-electron chi connectivity index (χ3n) is 2.22. The summed E-state index contributed by atoms with van der Waals surface area (Å²) in [7, 11) is 0. The Balaban J connectivity index is 2.33. The molecule has 1 aliphatic heterocycles. The molecule has 4 nitrogen and oxygen atoms in total. The SMILES string of the molecule is NC1CCOc2cc(Cl)ccc2NC1=O. The molecule has 0 spiro atoms. The monoisotopic (exact) mass is 226 g/mol. The van der Waals surface area contributed by atoms with Gasteiger partial charge in [0.05, 0.1) is 18.3 Å². The van der Waals surface area contributed by atoms with Crippen molar-refractivity contribution in [2.45, 2.75) is 12.5 Å². The highest BCUT2D eigenvalue weighted by Gasteiger charge is 2.18. The molecular weight excluding hydrogens is 216 g/mol. The van der Waals surface area contributed by atoms with Gasteiger partial charge in [-0.3, -0.25) is 4.79 Å². The summed E-state index contributed by atoms with van der Waals surface area (Å²) in [6.45, 7) is 0.419. The van der Waals surface area contributed by atoms with Crippen molar-refractivity contribution in [2.24, 2.45) is 5.73 Å². The molecule has 1 amide bonds. The zero-order valence-corrected chi connectivity index (χ0v) is 8.75. The summed E-state index contributed by atoms with van der Waals surface area (Å²) in [6, 6.07) is 4.55. The van der Waals surface area contributed by atoms with Crippen molar-refractivity contribution in [3.05, 3.63) is 23.2 Å². The molecule has 1 aliphatic rings. The average molecular weight is 227 g/mol. The Morgan fingerprint density at radius 2 is 2.33 bits per heavy atom. The van der Waals surface area contributed by atoms with Crippen LogP contribution in [0.5, 0.6) is 5.75 Å². The predicted molar refractivity (Wildman–Crippen MR) is 58.2 cm³/mol. The standard InChI is InChI=1S/C10H11ClN2O2/c11-6-1-2-8-9(5-6)15-4-3-7(12)10(14)13-8/h1-2,5,7H,3-4,12H2,(H,13,14). The number of amides is 1. The van der Waals surface area contributed by atoms with E-state index in [1.807, 2.05) is 0 Å². The van der Waals surface area contributed by atoms with Crippen LogP contribution in [0.2, 0.25) is 5.02 Å². The van der Waals surface area contributed by atoms with Gasteiger partial charge in [-0.25, -0.2) is 0 Å². The third-order valence-corrected chi connectivity index (χ3v) is 2.46. The maximum atomic E-state index is 11.5. The van der Waals surface area contributed by atoms with Gasteiger partial charge in [-0.05, 0) is 12.1 Å². The van der Waals surface area contributed by atoms with Crippen LogP contribution in [-0.4, -0.2) is 18.6 Å². The largest absolute Gasteiger partial charge is 0.491 e. The normalized spacial score (nSPS) is 20.7. The lowest BCUT2D eigenvalue weighted by molar-refractivity contribution is -0.117. The first-order chi connectivity index (χ1) is 7.16. The van der Waals surface area contributed by atoms with Crippen molar-refractivity contribution in [1.29, 1.82) is 0 Å². The molecule has 0 saturated heterocycles. The van der Waals surface area contributed by atoms with E-state index in [0.29, 0.717) is 29.5 Å². The van der Waals surface area contributed by atoms with Gasteiger partial charge in [-0.15, -0.1) is 0 Å². The summed E-state index contributed by atoms with van der Waals surface area (Å²) < 4.78 is 5.45. The molecule has 1 aromatic rings. The molecule has 0 aromatic heterocycles. The molecule has 1 heterocycles. The van der Waals surface area contributed by atoms with Gasteiger partial charge in [-0.1, -0.05) is 11.6 Å². The summed E-state index contributed by atoms with van der Waals surface area (Å²) in [5.41, 5.74) is 6.23. The molecular formula is C10H11ClN2O2. The van der Waals surface area contributed by atoms with Crippen molar-refractivity contribution >= 4 is 23.2 Å². The van der Waals surface area contributed by atoms with E-state index in [2.05, 4.69) is 5.32 Å². The second kappa shape index (κ2) is 4.08. The first-order valence-corrected chi connectivity index (χ1v) is 5.03. The Morgan fingerprint density at radius 3 is 3.13 bits per heavy atom. The Labute approximate surface area is 92.4 Å².